The number of rotatable bonds is 13. The first-order valence-corrected chi connectivity index (χ1v) is 10.9. The van der Waals surface area contributed by atoms with Gasteiger partial charge in [0, 0.05) is 0 Å². The van der Waals surface area contributed by atoms with Gasteiger partial charge in [-0.25, -0.2) is 0 Å². The fourth-order valence-electron chi connectivity index (χ4n) is 3.61. The summed E-state index contributed by atoms with van der Waals surface area (Å²) in [4.78, 5) is 55.2. The van der Waals surface area contributed by atoms with E-state index in [-0.39, 0.29) is 38.2 Å². The van der Waals surface area contributed by atoms with Gasteiger partial charge in [0.15, 0.2) is 0 Å². The molecule has 0 N–H and O–H groups in total. The van der Waals surface area contributed by atoms with Crippen LogP contribution in [0.3, 0.4) is 0 Å². The van der Waals surface area contributed by atoms with Crippen molar-refractivity contribution < 1.29 is 38.2 Å². The number of hydroxylamine groups is 2. The number of imide groups is 2. The van der Waals surface area contributed by atoms with Crippen molar-refractivity contribution >= 4 is 23.6 Å². The van der Waals surface area contributed by atoms with Crippen LogP contribution >= 0.6 is 0 Å². The van der Waals surface area contributed by atoms with Crippen LogP contribution in [0, 0.1) is 0 Å². The lowest BCUT2D eigenvalue weighted by Gasteiger charge is -2.14. The molecule has 10 nitrogen and oxygen atoms in total. The number of nitrogens with zero attached hydrogens (tertiary/aromatic N) is 2. The molecule has 0 aliphatic carbocycles. The van der Waals surface area contributed by atoms with Crippen molar-refractivity contribution in [3.05, 3.63) is 70.8 Å². The summed E-state index contributed by atoms with van der Waals surface area (Å²) in [5.74, 6) is -1.56. The third kappa shape index (κ3) is 5.05. The van der Waals surface area contributed by atoms with Crippen LogP contribution in [0.25, 0.3) is 0 Å². The zero-order valence-corrected chi connectivity index (χ0v) is 18.4. The fraction of sp³-hybridized carbons (Fsp3) is 0.333. The van der Waals surface area contributed by atoms with Gasteiger partial charge in [-0.3, -0.25) is 28.9 Å². The standard InChI is InChI=1S/C24H24N2O8/c27-21-17-5-1-2-6-18(17)22(28)25(21)9-10-31-11-12-32-13-14-33-15-16-34-26-23(29)19-7-3-4-8-20(19)24(26)30/h1-8H,9-16H2. The van der Waals surface area contributed by atoms with Crippen molar-refractivity contribution in [3.63, 3.8) is 0 Å². The minimum atomic E-state index is -0.480. The van der Waals surface area contributed by atoms with Crippen LogP contribution in [-0.4, -0.2) is 86.4 Å². The van der Waals surface area contributed by atoms with E-state index in [9.17, 15) is 19.2 Å². The molecule has 4 amide bonds. The molecule has 0 saturated heterocycles. The zero-order chi connectivity index (χ0) is 23.9. The van der Waals surface area contributed by atoms with E-state index in [0.717, 1.165) is 5.06 Å². The molecule has 34 heavy (non-hydrogen) atoms. The molecule has 0 atom stereocenters. The number of amides is 4. The van der Waals surface area contributed by atoms with E-state index in [0.29, 0.717) is 48.7 Å². The summed E-state index contributed by atoms with van der Waals surface area (Å²) in [6.45, 7) is 1.92. The molecule has 0 unspecified atom stereocenters. The van der Waals surface area contributed by atoms with Crippen molar-refractivity contribution in [2.45, 2.75) is 0 Å². The number of fused-ring (bicyclic) bond motifs is 2. The molecule has 0 radical (unpaired) electrons. The molecular weight excluding hydrogens is 444 g/mol. The Morgan fingerprint density at radius 2 is 0.882 bits per heavy atom. The van der Waals surface area contributed by atoms with Gasteiger partial charge in [-0.05, 0) is 24.3 Å². The van der Waals surface area contributed by atoms with E-state index in [4.69, 9.17) is 19.0 Å². The van der Waals surface area contributed by atoms with Gasteiger partial charge in [-0.2, -0.15) is 0 Å². The molecule has 2 aliphatic rings. The summed E-state index contributed by atoms with van der Waals surface area (Å²) < 4.78 is 16.2. The predicted molar refractivity (Wildman–Crippen MR) is 117 cm³/mol. The van der Waals surface area contributed by atoms with Gasteiger partial charge in [0.05, 0.1) is 75.0 Å². The molecular formula is C24H24N2O8. The molecule has 0 saturated carbocycles. The first kappa shape index (κ1) is 23.7. The molecule has 0 bridgehead atoms. The Kier molecular flexibility index (Phi) is 7.76. The van der Waals surface area contributed by atoms with Crippen molar-refractivity contribution in [2.24, 2.45) is 0 Å². The smallest absolute Gasteiger partial charge is 0.285 e. The summed E-state index contributed by atoms with van der Waals surface area (Å²) in [6.07, 6.45) is 0. The maximum Gasteiger partial charge on any atom is 0.285 e. The molecule has 2 aromatic carbocycles. The fourth-order valence-corrected chi connectivity index (χ4v) is 3.61. The molecule has 10 heteroatoms. The minimum absolute atomic E-state index is 0.0480. The number of hydrogen-bond donors (Lipinski definition) is 0. The zero-order valence-electron chi connectivity index (χ0n) is 18.4. The highest BCUT2D eigenvalue weighted by Gasteiger charge is 2.36. The Bertz CT molecular complexity index is 931. The van der Waals surface area contributed by atoms with E-state index >= 15 is 0 Å². The number of hydrogen-bond acceptors (Lipinski definition) is 8. The van der Waals surface area contributed by atoms with E-state index in [2.05, 4.69) is 0 Å². The van der Waals surface area contributed by atoms with Gasteiger partial charge >= 0.3 is 0 Å². The summed E-state index contributed by atoms with van der Waals surface area (Å²) in [7, 11) is 0. The normalized spacial score (nSPS) is 14.8. The lowest BCUT2D eigenvalue weighted by molar-refractivity contribution is -0.108. The molecule has 2 aromatic rings. The van der Waals surface area contributed by atoms with Crippen LogP contribution in [0.1, 0.15) is 41.4 Å². The molecule has 2 aliphatic heterocycles. The lowest BCUT2D eigenvalue weighted by atomic mass is 10.1. The highest BCUT2D eigenvalue weighted by molar-refractivity contribution is 6.21. The Labute approximate surface area is 195 Å². The maximum atomic E-state index is 12.2. The van der Waals surface area contributed by atoms with Crippen LogP contribution in [-0.2, 0) is 19.0 Å². The molecule has 0 spiro atoms. The lowest BCUT2D eigenvalue weighted by Crippen LogP contribution is -2.33. The van der Waals surface area contributed by atoms with E-state index < -0.39 is 11.8 Å². The molecule has 0 aromatic heterocycles. The second-order valence-corrected chi connectivity index (χ2v) is 7.43. The van der Waals surface area contributed by atoms with Gasteiger partial charge in [0.25, 0.3) is 23.6 Å². The van der Waals surface area contributed by atoms with Crippen LogP contribution in [0.4, 0.5) is 0 Å². The molecule has 2 heterocycles. The molecule has 178 valence electrons. The number of carbonyl (C=O) groups is 4. The third-order valence-corrected chi connectivity index (χ3v) is 5.29. The van der Waals surface area contributed by atoms with E-state index in [1.165, 1.54) is 4.90 Å². The number of ether oxygens (including phenoxy) is 3. The SMILES string of the molecule is O=C1c2ccccc2C(=O)N1CCOCCOCCOCCON1C(=O)c2ccccc2C1=O. The van der Waals surface area contributed by atoms with E-state index in [1.54, 1.807) is 48.5 Å². The van der Waals surface area contributed by atoms with Crippen LogP contribution < -0.4 is 0 Å². The van der Waals surface area contributed by atoms with Crippen molar-refractivity contribution in [1.29, 1.82) is 0 Å². The van der Waals surface area contributed by atoms with Gasteiger partial charge in [-0.1, -0.05) is 24.3 Å². The number of carbonyl (C=O) groups excluding carboxylic acids is 4. The molecule has 4 rings (SSSR count). The summed E-state index contributed by atoms with van der Waals surface area (Å²) in [5.41, 5.74) is 1.50. The first-order valence-electron chi connectivity index (χ1n) is 10.9. The van der Waals surface area contributed by atoms with Gasteiger partial charge < -0.3 is 14.2 Å². The second-order valence-electron chi connectivity index (χ2n) is 7.43. The maximum absolute atomic E-state index is 12.2. The summed E-state index contributed by atoms with van der Waals surface area (Å²) >= 11 is 0. The Morgan fingerprint density at radius 3 is 1.35 bits per heavy atom. The van der Waals surface area contributed by atoms with Gasteiger partial charge in [0.2, 0.25) is 0 Å². The Morgan fingerprint density at radius 1 is 0.500 bits per heavy atom. The third-order valence-electron chi connectivity index (χ3n) is 5.29. The first-order chi connectivity index (χ1) is 16.6. The van der Waals surface area contributed by atoms with Crippen molar-refractivity contribution in [3.8, 4) is 0 Å². The second kappa shape index (κ2) is 11.1. The van der Waals surface area contributed by atoms with Gasteiger partial charge in [-0.15, -0.1) is 5.06 Å². The summed E-state index contributed by atoms with van der Waals surface area (Å²) in [5, 5.41) is 0.754. The minimum Gasteiger partial charge on any atom is -0.377 e. The summed E-state index contributed by atoms with van der Waals surface area (Å²) in [6, 6.07) is 13.3. The van der Waals surface area contributed by atoms with E-state index in [1.807, 2.05) is 0 Å². The average Bonchev–Trinajstić information content (AvgIpc) is 3.25. The van der Waals surface area contributed by atoms with Crippen molar-refractivity contribution in [2.75, 3.05) is 52.8 Å². The number of benzene rings is 2. The Hall–Kier alpha value is -3.44. The van der Waals surface area contributed by atoms with Crippen molar-refractivity contribution in [1.82, 2.24) is 9.96 Å². The van der Waals surface area contributed by atoms with Gasteiger partial charge in [0.1, 0.15) is 0 Å². The quantitative estimate of drug-likeness (QED) is 0.322. The Balaban J connectivity index is 0.999. The largest absolute Gasteiger partial charge is 0.377 e. The van der Waals surface area contributed by atoms with Crippen LogP contribution in [0.5, 0.6) is 0 Å². The predicted octanol–water partition coefficient (Wildman–Crippen LogP) is 1.56. The topological polar surface area (TPSA) is 112 Å². The van der Waals surface area contributed by atoms with Crippen LogP contribution in [0.2, 0.25) is 0 Å². The average molecular weight is 468 g/mol. The van der Waals surface area contributed by atoms with Crippen LogP contribution in [0.15, 0.2) is 48.5 Å². The monoisotopic (exact) mass is 468 g/mol. The highest BCUT2D eigenvalue weighted by Crippen LogP contribution is 2.23. The molecule has 0 fully saturated rings. The highest BCUT2D eigenvalue weighted by atomic mass is 16.7.